The molecule has 0 bridgehead atoms. The van der Waals surface area contributed by atoms with Crippen molar-refractivity contribution in [2.24, 2.45) is 15.9 Å². The Morgan fingerprint density at radius 1 is 1.69 bits per heavy atom. The van der Waals surface area contributed by atoms with Crippen molar-refractivity contribution in [2.75, 3.05) is 13.2 Å². The zero-order valence-corrected chi connectivity index (χ0v) is 6.92. The van der Waals surface area contributed by atoms with E-state index >= 15 is 0 Å². The Hall–Kier alpha value is -1.65. The van der Waals surface area contributed by atoms with Crippen LogP contribution in [0.1, 0.15) is 0 Å². The zero-order chi connectivity index (χ0) is 9.26. The summed E-state index contributed by atoms with van der Waals surface area (Å²) in [7, 11) is 0. The average Bonchev–Trinajstić information content (AvgIpc) is 2.17. The van der Waals surface area contributed by atoms with Crippen molar-refractivity contribution in [3.8, 4) is 0 Å². The zero-order valence-electron chi connectivity index (χ0n) is 6.92. The van der Waals surface area contributed by atoms with E-state index in [1.54, 1.807) is 12.3 Å². The van der Waals surface area contributed by atoms with E-state index < -0.39 is 6.09 Å². The first-order valence-electron chi connectivity index (χ1n) is 3.99. The predicted octanol–water partition coefficient (Wildman–Crippen LogP) is 0.593. The summed E-state index contributed by atoms with van der Waals surface area (Å²) in [4.78, 5) is 20.0. The van der Waals surface area contributed by atoms with E-state index in [1.165, 1.54) is 11.1 Å². The van der Waals surface area contributed by atoms with Gasteiger partial charge in [-0.25, -0.2) is 4.79 Å². The molecule has 0 spiro atoms. The fourth-order valence-corrected chi connectivity index (χ4v) is 1.39. The van der Waals surface area contributed by atoms with Crippen molar-refractivity contribution in [1.82, 2.24) is 4.90 Å². The van der Waals surface area contributed by atoms with E-state index in [9.17, 15) is 4.79 Å². The summed E-state index contributed by atoms with van der Waals surface area (Å²) in [5.74, 6) is 0.0369. The van der Waals surface area contributed by atoms with Crippen LogP contribution in [-0.4, -0.2) is 41.2 Å². The molecule has 5 nitrogen and oxygen atoms in total. The Bertz CT molecular complexity index is 319. The molecular formula is C8H9N3O2. The van der Waals surface area contributed by atoms with E-state index in [0.717, 1.165) is 5.71 Å². The Morgan fingerprint density at radius 2 is 2.54 bits per heavy atom. The molecule has 2 rings (SSSR count). The lowest BCUT2D eigenvalue weighted by atomic mass is 10.0. The first-order chi connectivity index (χ1) is 6.27. The maximum Gasteiger partial charge on any atom is 0.411 e. The number of carbonyl (C=O) groups is 1. The fourth-order valence-electron chi connectivity index (χ4n) is 1.39. The highest BCUT2D eigenvalue weighted by atomic mass is 16.4. The van der Waals surface area contributed by atoms with E-state index in [2.05, 4.69) is 9.98 Å². The standard InChI is InChI=1S/C8H9N3O2/c12-8(13)11-2-1-7-6(4-11)3-9-5-10-7/h1-3,6H,4-5H2,(H,12,13). The summed E-state index contributed by atoms with van der Waals surface area (Å²) in [5, 5.41) is 8.72. The average molecular weight is 179 g/mol. The Labute approximate surface area is 75.1 Å². The quantitative estimate of drug-likeness (QED) is 0.591. The van der Waals surface area contributed by atoms with Crippen LogP contribution in [0.15, 0.2) is 22.3 Å². The molecule has 2 heterocycles. The third-order valence-electron chi connectivity index (χ3n) is 2.06. The lowest BCUT2D eigenvalue weighted by Crippen LogP contribution is -2.38. The Kier molecular flexibility index (Phi) is 1.84. The van der Waals surface area contributed by atoms with Crippen LogP contribution in [-0.2, 0) is 0 Å². The maximum absolute atomic E-state index is 10.6. The number of aliphatic imine (C=N–C) groups is 2. The highest BCUT2D eigenvalue weighted by Crippen LogP contribution is 2.13. The molecule has 0 saturated carbocycles. The molecule has 1 atom stereocenters. The van der Waals surface area contributed by atoms with Gasteiger partial charge in [-0.2, -0.15) is 0 Å². The molecule has 2 aliphatic heterocycles. The van der Waals surface area contributed by atoms with Gasteiger partial charge in [0.2, 0.25) is 0 Å². The van der Waals surface area contributed by atoms with E-state index in [4.69, 9.17) is 5.11 Å². The molecule has 0 aromatic heterocycles. The van der Waals surface area contributed by atoms with Crippen molar-refractivity contribution >= 4 is 18.0 Å². The normalized spacial score (nSPS) is 25.4. The van der Waals surface area contributed by atoms with Crippen molar-refractivity contribution < 1.29 is 9.90 Å². The van der Waals surface area contributed by atoms with Gasteiger partial charge in [0.05, 0.1) is 5.92 Å². The van der Waals surface area contributed by atoms with E-state index in [0.29, 0.717) is 13.2 Å². The summed E-state index contributed by atoms with van der Waals surface area (Å²) in [6, 6.07) is 0. The molecule has 0 fully saturated rings. The molecular weight excluding hydrogens is 170 g/mol. The number of amides is 1. The minimum atomic E-state index is -0.936. The van der Waals surface area contributed by atoms with Gasteiger partial charge < -0.3 is 5.11 Å². The molecule has 0 radical (unpaired) electrons. The summed E-state index contributed by atoms with van der Waals surface area (Å²) in [6.07, 6.45) is 4.10. The van der Waals surface area contributed by atoms with Gasteiger partial charge in [-0.1, -0.05) is 0 Å². The highest BCUT2D eigenvalue weighted by molar-refractivity contribution is 6.07. The van der Waals surface area contributed by atoms with Crippen molar-refractivity contribution in [3.63, 3.8) is 0 Å². The molecule has 1 amide bonds. The molecule has 0 aliphatic carbocycles. The van der Waals surface area contributed by atoms with Gasteiger partial charge in [0.25, 0.3) is 0 Å². The lowest BCUT2D eigenvalue weighted by Gasteiger charge is -2.25. The van der Waals surface area contributed by atoms with Gasteiger partial charge in [0, 0.05) is 24.7 Å². The predicted molar refractivity (Wildman–Crippen MR) is 48.2 cm³/mol. The number of fused-ring (bicyclic) bond motifs is 1. The molecule has 5 heteroatoms. The van der Waals surface area contributed by atoms with Crippen molar-refractivity contribution in [3.05, 3.63) is 12.3 Å². The van der Waals surface area contributed by atoms with Crippen LogP contribution in [0.5, 0.6) is 0 Å². The molecule has 0 saturated heterocycles. The van der Waals surface area contributed by atoms with Gasteiger partial charge in [0.15, 0.2) is 0 Å². The lowest BCUT2D eigenvalue weighted by molar-refractivity contribution is 0.161. The first kappa shape index (κ1) is 7.97. The number of allylic oxidation sites excluding steroid dienone is 1. The van der Waals surface area contributed by atoms with Crippen LogP contribution in [0.3, 0.4) is 0 Å². The number of carboxylic acid groups (broad SMARTS) is 1. The fraction of sp³-hybridized carbons (Fsp3) is 0.375. The first-order valence-corrected chi connectivity index (χ1v) is 3.99. The van der Waals surface area contributed by atoms with Gasteiger partial charge in [-0.15, -0.1) is 0 Å². The van der Waals surface area contributed by atoms with Crippen LogP contribution in [0.4, 0.5) is 4.79 Å². The third kappa shape index (κ3) is 1.44. The Morgan fingerprint density at radius 3 is 3.31 bits per heavy atom. The van der Waals surface area contributed by atoms with Crippen LogP contribution in [0.2, 0.25) is 0 Å². The monoisotopic (exact) mass is 179 g/mol. The van der Waals surface area contributed by atoms with Gasteiger partial charge >= 0.3 is 6.09 Å². The van der Waals surface area contributed by atoms with Gasteiger partial charge in [-0.3, -0.25) is 14.9 Å². The number of nitrogens with zero attached hydrogens (tertiary/aromatic N) is 3. The van der Waals surface area contributed by atoms with Crippen LogP contribution in [0, 0.1) is 5.92 Å². The molecule has 0 aromatic rings. The summed E-state index contributed by atoms with van der Waals surface area (Å²) < 4.78 is 0. The van der Waals surface area contributed by atoms with E-state index in [-0.39, 0.29) is 5.92 Å². The van der Waals surface area contributed by atoms with Gasteiger partial charge in [0.1, 0.15) is 6.67 Å². The second kappa shape index (κ2) is 3.01. The summed E-state index contributed by atoms with van der Waals surface area (Å²) in [6.45, 7) is 0.886. The Balaban J connectivity index is 2.20. The smallest absolute Gasteiger partial charge is 0.411 e. The second-order valence-corrected chi connectivity index (χ2v) is 2.91. The number of hydrogen-bond acceptors (Lipinski definition) is 3. The highest BCUT2D eigenvalue weighted by Gasteiger charge is 2.23. The number of rotatable bonds is 0. The van der Waals surface area contributed by atoms with Crippen molar-refractivity contribution in [1.29, 1.82) is 0 Å². The molecule has 2 aliphatic rings. The summed E-state index contributed by atoms with van der Waals surface area (Å²) in [5.41, 5.74) is 0.924. The van der Waals surface area contributed by atoms with E-state index in [1.807, 2.05) is 0 Å². The van der Waals surface area contributed by atoms with Crippen LogP contribution < -0.4 is 0 Å². The summed E-state index contributed by atoms with van der Waals surface area (Å²) >= 11 is 0. The second-order valence-electron chi connectivity index (χ2n) is 2.91. The minimum absolute atomic E-state index is 0.0369. The molecule has 13 heavy (non-hydrogen) atoms. The van der Waals surface area contributed by atoms with Crippen molar-refractivity contribution in [2.45, 2.75) is 0 Å². The van der Waals surface area contributed by atoms with Crippen LogP contribution in [0.25, 0.3) is 0 Å². The maximum atomic E-state index is 10.6. The number of hydrogen-bond donors (Lipinski definition) is 1. The molecule has 1 N–H and O–H groups in total. The molecule has 0 aromatic carbocycles. The minimum Gasteiger partial charge on any atom is -0.465 e. The molecule has 1 unspecified atom stereocenters. The van der Waals surface area contributed by atoms with Gasteiger partial charge in [-0.05, 0) is 6.08 Å². The topological polar surface area (TPSA) is 65.3 Å². The molecule has 68 valence electrons. The van der Waals surface area contributed by atoms with Crippen LogP contribution >= 0.6 is 0 Å². The SMILES string of the molecule is O=C(O)N1C=CC2=NCN=CC2C1. The third-order valence-corrected chi connectivity index (χ3v) is 2.06. The largest absolute Gasteiger partial charge is 0.465 e.